The highest BCUT2D eigenvalue weighted by Gasteiger charge is 2.26. The Balaban J connectivity index is 1.31. The summed E-state index contributed by atoms with van der Waals surface area (Å²) >= 11 is 0. The molecule has 5 rings (SSSR count). The van der Waals surface area contributed by atoms with Gasteiger partial charge in [0.2, 0.25) is 0 Å². The summed E-state index contributed by atoms with van der Waals surface area (Å²) in [5.74, 6) is 0.811. The molecule has 7 heteroatoms. The molecule has 1 N–H and O–H groups in total. The number of nitrogens with one attached hydrogen (secondary N) is 1. The van der Waals surface area contributed by atoms with Crippen LogP contribution in [0.15, 0.2) is 42.7 Å². The van der Waals surface area contributed by atoms with E-state index in [0.29, 0.717) is 17.1 Å². The number of rotatable bonds is 5. The van der Waals surface area contributed by atoms with Crippen molar-refractivity contribution in [2.45, 2.75) is 12.8 Å². The molecule has 1 saturated carbocycles. The van der Waals surface area contributed by atoms with Gasteiger partial charge >= 0.3 is 0 Å². The van der Waals surface area contributed by atoms with Crippen LogP contribution in [0, 0.1) is 17.6 Å². The number of halogens is 2. The molecule has 150 valence electrons. The summed E-state index contributed by atoms with van der Waals surface area (Å²) in [5, 5.41) is 0. The Morgan fingerprint density at radius 3 is 2.55 bits per heavy atom. The zero-order valence-corrected chi connectivity index (χ0v) is 16.1. The van der Waals surface area contributed by atoms with E-state index >= 15 is 0 Å². The molecule has 2 aliphatic rings. The SMILES string of the molecule is Fc1ccc(-c2c[nH]c(-c3ccnc(N4CCN(CC5CC5)CC4)c3)n2)cc1F. The summed E-state index contributed by atoms with van der Waals surface area (Å²) in [6.45, 7) is 5.33. The van der Waals surface area contributed by atoms with E-state index in [1.807, 2.05) is 12.1 Å². The molecule has 29 heavy (non-hydrogen) atoms. The fourth-order valence-electron chi connectivity index (χ4n) is 3.84. The number of piperazine rings is 1. The van der Waals surface area contributed by atoms with E-state index < -0.39 is 11.6 Å². The molecule has 1 aromatic carbocycles. The predicted molar refractivity (Wildman–Crippen MR) is 109 cm³/mol. The molecule has 1 aliphatic heterocycles. The lowest BCUT2D eigenvalue weighted by Crippen LogP contribution is -2.47. The molecule has 2 aromatic heterocycles. The minimum Gasteiger partial charge on any atom is -0.354 e. The molecule has 5 nitrogen and oxygen atoms in total. The van der Waals surface area contributed by atoms with Crippen molar-refractivity contribution in [3.63, 3.8) is 0 Å². The number of H-pyrrole nitrogens is 1. The van der Waals surface area contributed by atoms with E-state index in [0.717, 1.165) is 55.6 Å². The summed E-state index contributed by atoms with van der Waals surface area (Å²) in [7, 11) is 0. The maximum Gasteiger partial charge on any atom is 0.159 e. The first kappa shape index (κ1) is 18.2. The van der Waals surface area contributed by atoms with Gasteiger partial charge in [0.15, 0.2) is 11.6 Å². The molecule has 1 aliphatic carbocycles. The molecule has 2 fully saturated rings. The Morgan fingerprint density at radius 1 is 0.966 bits per heavy atom. The van der Waals surface area contributed by atoms with Crippen LogP contribution in [0.4, 0.5) is 14.6 Å². The number of nitrogens with zero attached hydrogens (tertiary/aromatic N) is 4. The minimum absolute atomic E-state index is 0.535. The second-order valence-electron chi connectivity index (χ2n) is 7.90. The highest BCUT2D eigenvalue weighted by molar-refractivity contribution is 5.66. The van der Waals surface area contributed by atoms with Crippen molar-refractivity contribution < 1.29 is 8.78 Å². The molecule has 0 spiro atoms. The van der Waals surface area contributed by atoms with E-state index in [9.17, 15) is 8.78 Å². The van der Waals surface area contributed by atoms with Crippen LogP contribution in [0.3, 0.4) is 0 Å². The molecule has 0 radical (unpaired) electrons. The maximum absolute atomic E-state index is 13.5. The monoisotopic (exact) mass is 395 g/mol. The third kappa shape index (κ3) is 4.00. The summed E-state index contributed by atoms with van der Waals surface area (Å²) in [5.41, 5.74) is 2.03. The van der Waals surface area contributed by atoms with Crippen molar-refractivity contribution >= 4 is 5.82 Å². The fraction of sp³-hybridized carbons (Fsp3) is 0.364. The Hall–Kier alpha value is -2.80. The molecule has 3 heterocycles. The molecular formula is C22H23F2N5. The number of imidazole rings is 1. The number of anilines is 1. The second-order valence-corrected chi connectivity index (χ2v) is 7.90. The van der Waals surface area contributed by atoms with E-state index in [-0.39, 0.29) is 0 Å². The molecular weight excluding hydrogens is 372 g/mol. The predicted octanol–water partition coefficient (Wildman–Crippen LogP) is 3.95. The topological polar surface area (TPSA) is 48.1 Å². The van der Waals surface area contributed by atoms with Crippen LogP contribution in [0.5, 0.6) is 0 Å². The Kier molecular flexibility index (Phi) is 4.75. The normalized spacial score (nSPS) is 17.7. The summed E-state index contributed by atoms with van der Waals surface area (Å²) in [6, 6.07) is 7.74. The van der Waals surface area contributed by atoms with Crippen molar-refractivity contribution in [1.29, 1.82) is 0 Å². The van der Waals surface area contributed by atoms with E-state index in [2.05, 4.69) is 24.8 Å². The molecule has 0 bridgehead atoms. The smallest absolute Gasteiger partial charge is 0.159 e. The highest BCUT2D eigenvalue weighted by Crippen LogP contribution is 2.30. The van der Waals surface area contributed by atoms with Crippen LogP contribution in [0.2, 0.25) is 0 Å². The van der Waals surface area contributed by atoms with E-state index in [1.165, 1.54) is 25.5 Å². The van der Waals surface area contributed by atoms with Gasteiger partial charge < -0.3 is 9.88 Å². The van der Waals surface area contributed by atoms with Crippen LogP contribution >= 0.6 is 0 Å². The van der Waals surface area contributed by atoms with Crippen LogP contribution in [0.1, 0.15) is 12.8 Å². The highest BCUT2D eigenvalue weighted by atomic mass is 19.2. The van der Waals surface area contributed by atoms with Crippen molar-refractivity contribution in [3.05, 3.63) is 54.4 Å². The lowest BCUT2D eigenvalue weighted by atomic mass is 10.1. The zero-order valence-electron chi connectivity index (χ0n) is 16.1. The maximum atomic E-state index is 13.5. The third-order valence-electron chi connectivity index (χ3n) is 5.72. The lowest BCUT2D eigenvalue weighted by molar-refractivity contribution is 0.247. The van der Waals surface area contributed by atoms with Crippen LogP contribution in [-0.2, 0) is 0 Å². The van der Waals surface area contributed by atoms with Gasteiger partial charge in [0, 0.05) is 56.2 Å². The summed E-state index contributed by atoms with van der Waals surface area (Å²) < 4.78 is 26.7. The fourth-order valence-corrected chi connectivity index (χ4v) is 3.84. The molecule has 0 atom stereocenters. The van der Waals surface area contributed by atoms with Gasteiger partial charge in [0.25, 0.3) is 0 Å². The number of pyridine rings is 1. The van der Waals surface area contributed by atoms with Crippen LogP contribution in [0.25, 0.3) is 22.6 Å². The quantitative estimate of drug-likeness (QED) is 0.711. The van der Waals surface area contributed by atoms with Gasteiger partial charge in [-0.25, -0.2) is 18.7 Å². The largest absolute Gasteiger partial charge is 0.354 e. The van der Waals surface area contributed by atoms with Crippen molar-refractivity contribution in [2.75, 3.05) is 37.6 Å². The first-order valence-corrected chi connectivity index (χ1v) is 10.1. The van der Waals surface area contributed by atoms with Crippen molar-refractivity contribution in [1.82, 2.24) is 19.9 Å². The Bertz CT molecular complexity index is 1010. The van der Waals surface area contributed by atoms with E-state index in [4.69, 9.17) is 0 Å². The van der Waals surface area contributed by atoms with Gasteiger partial charge in [-0.1, -0.05) is 0 Å². The van der Waals surface area contributed by atoms with Gasteiger partial charge in [-0.3, -0.25) is 4.90 Å². The van der Waals surface area contributed by atoms with Crippen molar-refractivity contribution in [2.24, 2.45) is 5.92 Å². The Labute approximate surface area is 168 Å². The van der Waals surface area contributed by atoms with Gasteiger partial charge in [0.1, 0.15) is 11.6 Å². The van der Waals surface area contributed by atoms with Crippen molar-refractivity contribution in [3.8, 4) is 22.6 Å². The molecule has 0 amide bonds. The zero-order chi connectivity index (χ0) is 19.8. The molecule has 1 saturated heterocycles. The second kappa shape index (κ2) is 7.55. The molecule has 0 unspecified atom stereocenters. The number of benzene rings is 1. The summed E-state index contributed by atoms with van der Waals surface area (Å²) in [6.07, 6.45) is 6.28. The summed E-state index contributed by atoms with van der Waals surface area (Å²) in [4.78, 5) is 17.1. The van der Waals surface area contributed by atoms with Crippen LogP contribution in [-0.4, -0.2) is 52.6 Å². The third-order valence-corrected chi connectivity index (χ3v) is 5.72. The first-order chi connectivity index (χ1) is 14.2. The lowest BCUT2D eigenvalue weighted by Gasteiger charge is -2.35. The average molecular weight is 395 g/mol. The van der Waals surface area contributed by atoms with Gasteiger partial charge in [-0.2, -0.15) is 0 Å². The minimum atomic E-state index is -0.876. The van der Waals surface area contributed by atoms with Gasteiger partial charge in [-0.05, 0) is 49.1 Å². The van der Waals surface area contributed by atoms with Gasteiger partial charge in [-0.15, -0.1) is 0 Å². The number of aromatic amines is 1. The number of hydrogen-bond acceptors (Lipinski definition) is 4. The van der Waals surface area contributed by atoms with E-state index in [1.54, 1.807) is 12.4 Å². The average Bonchev–Trinajstić information content (AvgIpc) is 3.42. The first-order valence-electron chi connectivity index (χ1n) is 10.1. The Morgan fingerprint density at radius 2 is 1.79 bits per heavy atom. The standard InChI is InChI=1S/C22H23F2N5/c23-18-4-3-16(11-19(18)24)20-13-26-22(27-20)17-5-6-25-21(12-17)29-9-7-28(8-10-29)14-15-1-2-15/h3-6,11-13,15H,1-2,7-10,14H2,(H,26,27). The van der Waals surface area contributed by atoms with Gasteiger partial charge in [0.05, 0.1) is 5.69 Å². The number of aromatic nitrogens is 3. The number of hydrogen-bond donors (Lipinski definition) is 1. The van der Waals surface area contributed by atoms with Crippen LogP contribution < -0.4 is 4.90 Å². The molecule has 3 aromatic rings.